The molecule has 0 aromatic rings. The lowest BCUT2D eigenvalue weighted by Gasteiger charge is -2.31. The summed E-state index contributed by atoms with van der Waals surface area (Å²) in [6, 6.07) is 0.334. The third-order valence-electron chi connectivity index (χ3n) is 5.77. The Labute approximate surface area is 146 Å². The summed E-state index contributed by atoms with van der Waals surface area (Å²) in [6.45, 7) is 9.26. The summed E-state index contributed by atoms with van der Waals surface area (Å²) in [5.74, 6) is 2.28. The molecule has 0 aliphatic heterocycles. The summed E-state index contributed by atoms with van der Waals surface area (Å²) < 4.78 is 0. The minimum absolute atomic E-state index is 0.334. The summed E-state index contributed by atoms with van der Waals surface area (Å²) in [4.78, 5) is 0. The summed E-state index contributed by atoms with van der Waals surface area (Å²) in [7, 11) is 0. The van der Waals surface area contributed by atoms with E-state index >= 15 is 0 Å². The van der Waals surface area contributed by atoms with Crippen LogP contribution in [0.4, 0.5) is 0 Å². The molecule has 23 heavy (non-hydrogen) atoms. The Morgan fingerprint density at radius 2 is 1.74 bits per heavy atom. The number of allylic oxidation sites excluding steroid dienone is 2. The summed E-state index contributed by atoms with van der Waals surface area (Å²) in [6.07, 6.45) is 19.1. The van der Waals surface area contributed by atoms with Crippen LogP contribution in [0.3, 0.4) is 0 Å². The van der Waals surface area contributed by atoms with Crippen LogP contribution in [0.5, 0.6) is 0 Å². The molecule has 0 saturated heterocycles. The summed E-state index contributed by atoms with van der Waals surface area (Å²) >= 11 is 0. The molecule has 0 heterocycles. The number of hydrogen-bond acceptors (Lipinski definition) is 1. The molecular weight excluding hydrogens is 278 g/mol. The first-order chi connectivity index (χ1) is 11.0. The third kappa shape index (κ3) is 8.94. The van der Waals surface area contributed by atoms with Crippen molar-refractivity contribution in [3.63, 3.8) is 0 Å². The fourth-order valence-electron chi connectivity index (χ4n) is 4.41. The van der Waals surface area contributed by atoms with Crippen molar-refractivity contribution in [2.24, 2.45) is 23.5 Å². The molecule has 4 atom stereocenters. The minimum Gasteiger partial charge on any atom is -0.328 e. The molecule has 0 aromatic heterocycles. The monoisotopic (exact) mass is 321 g/mol. The fraction of sp³-hybridized carbons (Fsp3) is 0.909. The molecule has 1 heteroatoms. The van der Waals surface area contributed by atoms with Gasteiger partial charge in [0.2, 0.25) is 0 Å². The lowest BCUT2D eigenvalue weighted by molar-refractivity contribution is 0.278. The van der Waals surface area contributed by atoms with Gasteiger partial charge in [0.05, 0.1) is 0 Å². The smallest absolute Gasteiger partial charge is 0.00443 e. The Morgan fingerprint density at radius 3 is 2.39 bits per heavy atom. The average Bonchev–Trinajstić information content (AvgIpc) is 2.47. The SMILES string of the molecule is CCCCCCCCCC(C(C)N)C1C=C(C)CC(C)CCC1. The van der Waals surface area contributed by atoms with Gasteiger partial charge in [-0.1, -0.05) is 83.3 Å². The van der Waals surface area contributed by atoms with E-state index in [1.54, 1.807) is 5.57 Å². The van der Waals surface area contributed by atoms with Crippen molar-refractivity contribution in [1.82, 2.24) is 0 Å². The quantitative estimate of drug-likeness (QED) is 0.345. The van der Waals surface area contributed by atoms with Gasteiger partial charge in [0.25, 0.3) is 0 Å². The molecule has 0 bridgehead atoms. The van der Waals surface area contributed by atoms with E-state index in [1.165, 1.54) is 77.0 Å². The second-order valence-corrected chi connectivity index (χ2v) is 8.35. The zero-order valence-electron chi connectivity index (χ0n) is 16.4. The molecule has 0 radical (unpaired) electrons. The molecular formula is C22H43N. The number of rotatable bonds is 10. The fourth-order valence-corrected chi connectivity index (χ4v) is 4.41. The molecule has 136 valence electrons. The topological polar surface area (TPSA) is 26.0 Å². The number of unbranched alkanes of at least 4 members (excludes halogenated alkanes) is 6. The van der Waals surface area contributed by atoms with Gasteiger partial charge in [-0.15, -0.1) is 0 Å². The van der Waals surface area contributed by atoms with Crippen molar-refractivity contribution < 1.29 is 0 Å². The van der Waals surface area contributed by atoms with Crippen molar-refractivity contribution >= 4 is 0 Å². The second kappa shape index (κ2) is 12.1. The van der Waals surface area contributed by atoms with Gasteiger partial charge in [0, 0.05) is 6.04 Å². The van der Waals surface area contributed by atoms with Crippen molar-refractivity contribution in [1.29, 1.82) is 0 Å². The Morgan fingerprint density at radius 1 is 1.09 bits per heavy atom. The van der Waals surface area contributed by atoms with Crippen LogP contribution in [0.2, 0.25) is 0 Å². The lowest BCUT2D eigenvalue weighted by Crippen LogP contribution is -2.32. The maximum absolute atomic E-state index is 6.38. The van der Waals surface area contributed by atoms with Gasteiger partial charge in [-0.05, 0) is 50.9 Å². The third-order valence-corrected chi connectivity index (χ3v) is 5.77. The van der Waals surface area contributed by atoms with Gasteiger partial charge in [-0.25, -0.2) is 0 Å². The van der Waals surface area contributed by atoms with Gasteiger partial charge >= 0.3 is 0 Å². The van der Waals surface area contributed by atoms with E-state index in [9.17, 15) is 0 Å². The van der Waals surface area contributed by atoms with E-state index in [-0.39, 0.29) is 0 Å². The van der Waals surface area contributed by atoms with Crippen molar-refractivity contribution in [3.05, 3.63) is 11.6 Å². The predicted molar refractivity (Wildman–Crippen MR) is 105 cm³/mol. The zero-order chi connectivity index (χ0) is 17.1. The second-order valence-electron chi connectivity index (χ2n) is 8.35. The van der Waals surface area contributed by atoms with Gasteiger partial charge in [0.15, 0.2) is 0 Å². The molecule has 1 aliphatic carbocycles. The number of hydrogen-bond donors (Lipinski definition) is 1. The van der Waals surface area contributed by atoms with Crippen LogP contribution >= 0.6 is 0 Å². The molecule has 2 N–H and O–H groups in total. The van der Waals surface area contributed by atoms with Crippen LogP contribution in [0.1, 0.15) is 105 Å². The Hall–Kier alpha value is -0.300. The Kier molecular flexibility index (Phi) is 10.9. The highest BCUT2D eigenvalue weighted by atomic mass is 14.6. The summed E-state index contributed by atoms with van der Waals surface area (Å²) in [5.41, 5.74) is 7.99. The number of nitrogens with two attached hydrogens (primary N) is 1. The van der Waals surface area contributed by atoms with E-state index in [0.717, 1.165) is 11.8 Å². The Bertz CT molecular complexity index is 318. The van der Waals surface area contributed by atoms with Crippen molar-refractivity contribution in [3.8, 4) is 0 Å². The first-order valence-corrected chi connectivity index (χ1v) is 10.5. The standard InChI is InChI=1S/C22H43N/c1-5-6-7-8-9-10-11-15-22(20(4)23)21-14-12-13-18(2)16-19(3)17-21/h17-18,20-22H,5-16,23H2,1-4H3. The normalized spacial score (nSPS) is 25.3. The van der Waals surface area contributed by atoms with Crippen LogP contribution in [0, 0.1) is 17.8 Å². The zero-order valence-corrected chi connectivity index (χ0v) is 16.4. The molecule has 1 aliphatic rings. The van der Waals surface area contributed by atoms with E-state index in [0.29, 0.717) is 12.0 Å². The molecule has 0 fully saturated rings. The highest BCUT2D eigenvalue weighted by Crippen LogP contribution is 2.33. The first kappa shape index (κ1) is 20.7. The van der Waals surface area contributed by atoms with Gasteiger partial charge in [0.1, 0.15) is 0 Å². The minimum atomic E-state index is 0.334. The van der Waals surface area contributed by atoms with Crippen LogP contribution in [0.25, 0.3) is 0 Å². The maximum Gasteiger partial charge on any atom is 0.00443 e. The largest absolute Gasteiger partial charge is 0.328 e. The van der Waals surface area contributed by atoms with Crippen LogP contribution in [-0.2, 0) is 0 Å². The highest BCUT2D eigenvalue weighted by Gasteiger charge is 2.24. The van der Waals surface area contributed by atoms with E-state index < -0.39 is 0 Å². The van der Waals surface area contributed by atoms with Crippen molar-refractivity contribution in [2.75, 3.05) is 0 Å². The first-order valence-electron chi connectivity index (χ1n) is 10.5. The van der Waals surface area contributed by atoms with Gasteiger partial charge < -0.3 is 5.73 Å². The van der Waals surface area contributed by atoms with E-state index in [2.05, 4.69) is 33.8 Å². The van der Waals surface area contributed by atoms with Gasteiger partial charge in [-0.3, -0.25) is 0 Å². The molecule has 1 nitrogen and oxygen atoms in total. The Balaban J connectivity index is 2.42. The summed E-state index contributed by atoms with van der Waals surface area (Å²) in [5, 5.41) is 0. The molecule has 1 rings (SSSR count). The lowest BCUT2D eigenvalue weighted by atomic mass is 9.76. The van der Waals surface area contributed by atoms with Crippen LogP contribution in [0.15, 0.2) is 11.6 Å². The molecule has 4 unspecified atom stereocenters. The van der Waals surface area contributed by atoms with Gasteiger partial charge in [-0.2, -0.15) is 0 Å². The molecule has 0 spiro atoms. The predicted octanol–water partition coefficient (Wildman–Crippen LogP) is 6.86. The maximum atomic E-state index is 6.38. The van der Waals surface area contributed by atoms with E-state index in [4.69, 9.17) is 5.73 Å². The molecule has 0 aromatic carbocycles. The van der Waals surface area contributed by atoms with Crippen LogP contribution in [-0.4, -0.2) is 6.04 Å². The van der Waals surface area contributed by atoms with E-state index in [1.807, 2.05) is 0 Å². The highest BCUT2D eigenvalue weighted by molar-refractivity contribution is 5.05. The molecule has 0 amide bonds. The van der Waals surface area contributed by atoms with Crippen LogP contribution < -0.4 is 5.73 Å². The average molecular weight is 322 g/mol. The molecule has 0 saturated carbocycles. The van der Waals surface area contributed by atoms with Crippen molar-refractivity contribution in [2.45, 2.75) is 111 Å².